The zero-order valence-corrected chi connectivity index (χ0v) is 12.3. The van der Waals surface area contributed by atoms with Crippen molar-refractivity contribution < 1.29 is 8.81 Å². The van der Waals surface area contributed by atoms with E-state index >= 15 is 0 Å². The highest BCUT2D eigenvalue weighted by atomic mass is 19.1. The lowest BCUT2D eigenvalue weighted by Gasteiger charge is -2.13. The van der Waals surface area contributed by atoms with Crippen molar-refractivity contribution in [3.63, 3.8) is 0 Å². The summed E-state index contributed by atoms with van der Waals surface area (Å²) in [6, 6.07) is 12.6. The minimum absolute atomic E-state index is 0.314. The van der Waals surface area contributed by atoms with Crippen molar-refractivity contribution in [3.05, 3.63) is 53.8 Å². The molecule has 0 atom stereocenters. The molecule has 1 aromatic heterocycles. The van der Waals surface area contributed by atoms with Crippen molar-refractivity contribution >= 4 is 11.1 Å². The maximum atomic E-state index is 13.8. The van der Waals surface area contributed by atoms with Crippen LogP contribution in [0.15, 0.2) is 46.9 Å². The molecular formula is C18H17FN2O. The number of likely N-dealkylation sites (tertiary alicyclic amines) is 1. The molecule has 22 heavy (non-hydrogen) atoms. The lowest BCUT2D eigenvalue weighted by atomic mass is 10.2. The van der Waals surface area contributed by atoms with Crippen LogP contribution in [0.4, 0.5) is 4.39 Å². The fraction of sp³-hybridized carbons (Fsp3) is 0.278. The number of hydrogen-bond donors (Lipinski definition) is 0. The van der Waals surface area contributed by atoms with Crippen molar-refractivity contribution in [2.75, 3.05) is 13.1 Å². The number of hydrogen-bond acceptors (Lipinski definition) is 3. The van der Waals surface area contributed by atoms with Crippen molar-refractivity contribution in [3.8, 4) is 11.5 Å². The first-order valence-corrected chi connectivity index (χ1v) is 7.66. The van der Waals surface area contributed by atoms with Gasteiger partial charge in [0.25, 0.3) is 0 Å². The van der Waals surface area contributed by atoms with Gasteiger partial charge in [0.15, 0.2) is 5.58 Å². The van der Waals surface area contributed by atoms with Crippen LogP contribution < -0.4 is 0 Å². The van der Waals surface area contributed by atoms with E-state index in [0.717, 1.165) is 25.2 Å². The second-order valence-corrected chi connectivity index (χ2v) is 5.78. The maximum absolute atomic E-state index is 13.8. The molecule has 1 saturated heterocycles. The Bertz CT molecular complexity index is 806. The van der Waals surface area contributed by atoms with Crippen molar-refractivity contribution in [1.29, 1.82) is 0 Å². The molecule has 0 saturated carbocycles. The van der Waals surface area contributed by atoms with Gasteiger partial charge in [-0.3, -0.25) is 4.90 Å². The Kier molecular flexibility index (Phi) is 3.39. The molecule has 3 nitrogen and oxygen atoms in total. The summed E-state index contributed by atoms with van der Waals surface area (Å²) >= 11 is 0. The standard InChI is InChI=1S/C18H17FN2O/c19-15-6-2-1-5-14(15)18-20-16-11-13(7-8-17(16)22-18)12-21-9-3-4-10-21/h1-2,5-8,11H,3-4,9-10,12H2. The lowest BCUT2D eigenvalue weighted by Crippen LogP contribution is -2.18. The Balaban J connectivity index is 1.67. The lowest BCUT2D eigenvalue weighted by molar-refractivity contribution is 0.331. The van der Waals surface area contributed by atoms with Gasteiger partial charge < -0.3 is 4.42 Å². The van der Waals surface area contributed by atoms with Crippen molar-refractivity contribution in [2.24, 2.45) is 0 Å². The summed E-state index contributed by atoms with van der Waals surface area (Å²) in [4.78, 5) is 6.90. The molecule has 4 rings (SSSR count). The molecule has 0 amide bonds. The number of oxazole rings is 1. The Labute approximate surface area is 128 Å². The molecule has 0 N–H and O–H groups in total. The van der Waals surface area contributed by atoms with Gasteiger partial charge in [-0.2, -0.15) is 0 Å². The van der Waals surface area contributed by atoms with Gasteiger partial charge in [-0.15, -0.1) is 0 Å². The third-order valence-electron chi connectivity index (χ3n) is 4.16. The molecule has 112 valence electrons. The largest absolute Gasteiger partial charge is 0.436 e. The van der Waals surface area contributed by atoms with Crippen LogP contribution in [0.1, 0.15) is 18.4 Å². The van der Waals surface area contributed by atoms with Gasteiger partial charge in [0.2, 0.25) is 5.89 Å². The first kappa shape index (κ1) is 13.5. The molecule has 0 radical (unpaired) electrons. The van der Waals surface area contributed by atoms with Crippen molar-refractivity contribution in [2.45, 2.75) is 19.4 Å². The van der Waals surface area contributed by atoms with Gasteiger partial charge in [0.05, 0.1) is 5.56 Å². The Morgan fingerprint density at radius 3 is 2.73 bits per heavy atom. The van der Waals surface area contributed by atoms with Gasteiger partial charge in [-0.25, -0.2) is 9.37 Å². The van der Waals surface area contributed by atoms with E-state index < -0.39 is 0 Å². The number of nitrogens with zero attached hydrogens (tertiary/aromatic N) is 2. The molecular weight excluding hydrogens is 279 g/mol. The summed E-state index contributed by atoms with van der Waals surface area (Å²) in [7, 11) is 0. The second kappa shape index (κ2) is 5.54. The molecule has 0 spiro atoms. The van der Waals surface area contributed by atoms with E-state index in [-0.39, 0.29) is 5.82 Å². The second-order valence-electron chi connectivity index (χ2n) is 5.78. The third kappa shape index (κ3) is 2.50. The Morgan fingerprint density at radius 2 is 1.91 bits per heavy atom. The van der Waals surface area contributed by atoms with E-state index in [9.17, 15) is 4.39 Å². The topological polar surface area (TPSA) is 29.3 Å². The minimum atomic E-state index is -0.314. The zero-order valence-electron chi connectivity index (χ0n) is 12.3. The van der Waals surface area contributed by atoms with Crippen LogP contribution >= 0.6 is 0 Å². The summed E-state index contributed by atoms with van der Waals surface area (Å²) in [5.74, 6) is 0.0257. The van der Waals surface area contributed by atoms with Crippen LogP contribution in [-0.4, -0.2) is 23.0 Å². The maximum Gasteiger partial charge on any atom is 0.230 e. The average Bonchev–Trinajstić information content (AvgIpc) is 3.16. The summed E-state index contributed by atoms with van der Waals surface area (Å²) < 4.78 is 19.5. The van der Waals surface area contributed by atoms with Crippen LogP contribution in [0.5, 0.6) is 0 Å². The van der Waals surface area contributed by atoms with Crippen LogP contribution in [0, 0.1) is 5.82 Å². The Hall–Kier alpha value is -2.20. The van der Waals surface area contributed by atoms with Gasteiger partial charge in [-0.1, -0.05) is 18.2 Å². The smallest absolute Gasteiger partial charge is 0.230 e. The summed E-state index contributed by atoms with van der Waals surface area (Å²) in [5, 5.41) is 0. The Morgan fingerprint density at radius 1 is 1.09 bits per heavy atom. The number of benzene rings is 2. The monoisotopic (exact) mass is 296 g/mol. The number of fused-ring (bicyclic) bond motifs is 1. The summed E-state index contributed by atoms with van der Waals surface area (Å²) in [6.45, 7) is 3.27. The first-order valence-electron chi connectivity index (χ1n) is 7.66. The highest BCUT2D eigenvalue weighted by Crippen LogP contribution is 2.27. The van der Waals surface area contributed by atoms with E-state index in [2.05, 4.69) is 16.0 Å². The molecule has 2 aromatic carbocycles. The van der Waals surface area contributed by atoms with Crippen molar-refractivity contribution in [1.82, 2.24) is 9.88 Å². The molecule has 3 aromatic rings. The van der Waals surface area contributed by atoms with Gasteiger partial charge in [0.1, 0.15) is 11.3 Å². The summed E-state index contributed by atoms with van der Waals surface area (Å²) in [5.41, 5.74) is 3.11. The van der Waals surface area contributed by atoms with Crippen LogP contribution in [0.3, 0.4) is 0 Å². The normalized spacial score (nSPS) is 15.7. The molecule has 1 fully saturated rings. The van der Waals surface area contributed by atoms with Crippen LogP contribution in [0.25, 0.3) is 22.6 Å². The highest BCUT2D eigenvalue weighted by Gasteiger charge is 2.14. The summed E-state index contributed by atoms with van der Waals surface area (Å²) in [6.07, 6.45) is 2.56. The molecule has 0 aliphatic carbocycles. The predicted molar refractivity (Wildman–Crippen MR) is 83.9 cm³/mol. The predicted octanol–water partition coefficient (Wildman–Crippen LogP) is 4.23. The molecule has 1 aliphatic heterocycles. The van der Waals surface area contributed by atoms with Gasteiger partial charge in [0, 0.05) is 6.54 Å². The fourth-order valence-corrected chi connectivity index (χ4v) is 3.02. The number of aromatic nitrogens is 1. The molecule has 0 bridgehead atoms. The quantitative estimate of drug-likeness (QED) is 0.724. The van der Waals surface area contributed by atoms with E-state index in [1.165, 1.54) is 24.5 Å². The fourth-order valence-electron chi connectivity index (χ4n) is 3.02. The van der Waals surface area contributed by atoms with Gasteiger partial charge in [-0.05, 0) is 55.8 Å². The zero-order chi connectivity index (χ0) is 14.9. The first-order chi connectivity index (χ1) is 10.8. The van der Waals surface area contributed by atoms with Gasteiger partial charge >= 0.3 is 0 Å². The third-order valence-corrected chi connectivity index (χ3v) is 4.16. The molecule has 0 unspecified atom stereocenters. The van der Waals surface area contributed by atoms with Crippen LogP contribution in [-0.2, 0) is 6.54 Å². The average molecular weight is 296 g/mol. The van der Waals surface area contributed by atoms with E-state index in [1.54, 1.807) is 18.2 Å². The SMILES string of the molecule is Fc1ccccc1-c1nc2cc(CN3CCCC3)ccc2o1. The van der Waals surface area contributed by atoms with Crippen LogP contribution in [0.2, 0.25) is 0 Å². The number of rotatable bonds is 3. The van der Waals surface area contributed by atoms with E-state index in [4.69, 9.17) is 4.42 Å². The highest BCUT2D eigenvalue weighted by molar-refractivity contribution is 5.77. The molecule has 4 heteroatoms. The minimum Gasteiger partial charge on any atom is -0.436 e. The van der Waals surface area contributed by atoms with E-state index in [1.807, 2.05) is 12.1 Å². The number of halogens is 1. The molecule has 1 aliphatic rings. The molecule has 2 heterocycles. The van der Waals surface area contributed by atoms with E-state index in [0.29, 0.717) is 17.0 Å².